The molecule has 1 atom stereocenters. The fourth-order valence-corrected chi connectivity index (χ4v) is 4.08. The number of hydrogen-bond donors (Lipinski definition) is 1. The van der Waals surface area contributed by atoms with Gasteiger partial charge in [0.2, 0.25) is 0 Å². The largest absolute Gasteiger partial charge is 0.466 e. The number of nitrogens with one attached hydrogen (secondary N) is 1. The molecule has 0 spiro atoms. The summed E-state index contributed by atoms with van der Waals surface area (Å²) in [6.07, 6.45) is 7.54. The van der Waals surface area contributed by atoms with Crippen LogP contribution in [0.15, 0.2) is 10.5 Å². The Hall–Kier alpha value is -0.800. The lowest BCUT2D eigenvalue weighted by molar-refractivity contribution is 0.0595. The van der Waals surface area contributed by atoms with E-state index < -0.39 is 0 Å². The van der Waals surface area contributed by atoms with Crippen LogP contribution in [0, 0.1) is 12.3 Å². The summed E-state index contributed by atoms with van der Waals surface area (Å²) in [6, 6.07) is 3.31. The number of fused-ring (bicyclic) bond motifs is 1. The topological polar surface area (TPSA) is 34.4 Å². The Labute approximate surface area is 128 Å². The minimum absolute atomic E-state index is 0.318. The first-order chi connectivity index (χ1) is 9.97. The molecular formula is C18H29NO2. The molecule has 1 aromatic rings. The van der Waals surface area contributed by atoms with Crippen molar-refractivity contribution in [2.75, 3.05) is 7.11 Å². The quantitative estimate of drug-likeness (QED) is 0.908. The summed E-state index contributed by atoms with van der Waals surface area (Å²) in [5, 5.41) is 3.91. The molecule has 118 valence electrons. The van der Waals surface area contributed by atoms with E-state index in [2.05, 4.69) is 32.2 Å². The number of furan rings is 1. The van der Waals surface area contributed by atoms with Crippen LogP contribution in [0.25, 0.3) is 0 Å². The van der Waals surface area contributed by atoms with Gasteiger partial charge in [-0.2, -0.15) is 0 Å². The predicted molar refractivity (Wildman–Crippen MR) is 84.5 cm³/mol. The summed E-state index contributed by atoms with van der Waals surface area (Å²) in [7, 11) is 1.84. The number of rotatable bonds is 3. The van der Waals surface area contributed by atoms with E-state index in [4.69, 9.17) is 9.15 Å². The summed E-state index contributed by atoms with van der Waals surface area (Å²) >= 11 is 0. The van der Waals surface area contributed by atoms with Gasteiger partial charge in [-0.15, -0.1) is 0 Å². The lowest BCUT2D eigenvalue weighted by Gasteiger charge is -2.38. The second-order valence-electron chi connectivity index (χ2n) is 7.71. The van der Waals surface area contributed by atoms with Gasteiger partial charge in [-0.05, 0) is 50.5 Å². The van der Waals surface area contributed by atoms with E-state index in [9.17, 15) is 0 Å². The highest BCUT2D eigenvalue weighted by atomic mass is 16.5. The highest BCUT2D eigenvalue weighted by Crippen LogP contribution is 2.42. The van der Waals surface area contributed by atoms with E-state index >= 15 is 0 Å². The Kier molecular flexibility index (Phi) is 4.15. The third kappa shape index (κ3) is 3.35. The molecule has 1 aromatic heterocycles. The van der Waals surface area contributed by atoms with Crippen molar-refractivity contribution in [1.29, 1.82) is 0 Å². The van der Waals surface area contributed by atoms with Crippen LogP contribution in [0.3, 0.4) is 0 Å². The third-order valence-electron chi connectivity index (χ3n) is 5.18. The maximum absolute atomic E-state index is 5.94. The summed E-state index contributed by atoms with van der Waals surface area (Å²) in [6.45, 7) is 6.76. The van der Waals surface area contributed by atoms with Crippen molar-refractivity contribution < 1.29 is 9.15 Å². The van der Waals surface area contributed by atoms with Gasteiger partial charge in [-0.1, -0.05) is 13.8 Å². The fraction of sp³-hybridized carbons (Fsp3) is 0.778. The van der Waals surface area contributed by atoms with Gasteiger partial charge in [0.25, 0.3) is 0 Å². The zero-order chi connectivity index (χ0) is 15.0. The second-order valence-corrected chi connectivity index (χ2v) is 7.71. The van der Waals surface area contributed by atoms with Gasteiger partial charge >= 0.3 is 0 Å². The molecule has 2 aliphatic carbocycles. The average molecular weight is 291 g/mol. The van der Waals surface area contributed by atoms with Gasteiger partial charge in [0.1, 0.15) is 11.5 Å². The fourth-order valence-electron chi connectivity index (χ4n) is 4.08. The number of aryl methyl sites for hydroxylation is 1. The predicted octanol–water partition coefficient (Wildman–Crippen LogP) is 4.15. The number of methoxy groups -OCH3 is 1. The van der Waals surface area contributed by atoms with Gasteiger partial charge in [-0.3, -0.25) is 0 Å². The molecule has 0 amide bonds. The number of hydrogen-bond acceptors (Lipinski definition) is 3. The van der Waals surface area contributed by atoms with Crippen LogP contribution in [0.1, 0.15) is 69.1 Å². The van der Waals surface area contributed by atoms with Gasteiger partial charge in [0, 0.05) is 31.2 Å². The molecule has 3 nitrogen and oxygen atoms in total. The zero-order valence-electron chi connectivity index (χ0n) is 13.9. The average Bonchev–Trinajstić information content (AvgIpc) is 2.78. The van der Waals surface area contributed by atoms with E-state index in [1.807, 2.05) is 7.11 Å². The SMILES string of the molecule is COC1CCC(NC2CC(C)(C)Cc3oc(C)cc32)CC1. The Morgan fingerprint density at radius 2 is 1.95 bits per heavy atom. The molecule has 3 heteroatoms. The first-order valence-corrected chi connectivity index (χ1v) is 8.35. The van der Waals surface area contributed by atoms with E-state index in [0.717, 1.165) is 12.2 Å². The Bertz CT molecular complexity index is 483. The van der Waals surface area contributed by atoms with E-state index in [1.165, 1.54) is 43.4 Å². The van der Waals surface area contributed by atoms with Crippen LogP contribution in [0.4, 0.5) is 0 Å². The molecule has 2 aliphatic rings. The van der Waals surface area contributed by atoms with Crippen LogP contribution in [0.5, 0.6) is 0 Å². The lowest BCUT2D eigenvalue weighted by Crippen LogP contribution is -2.41. The van der Waals surface area contributed by atoms with Crippen molar-refractivity contribution in [1.82, 2.24) is 5.32 Å². The first-order valence-electron chi connectivity index (χ1n) is 8.35. The zero-order valence-corrected chi connectivity index (χ0v) is 13.9. The maximum atomic E-state index is 5.94. The van der Waals surface area contributed by atoms with Crippen molar-refractivity contribution in [3.63, 3.8) is 0 Å². The first kappa shape index (κ1) is 15.1. The van der Waals surface area contributed by atoms with Crippen LogP contribution >= 0.6 is 0 Å². The summed E-state index contributed by atoms with van der Waals surface area (Å²) in [4.78, 5) is 0. The Morgan fingerprint density at radius 3 is 2.62 bits per heavy atom. The minimum Gasteiger partial charge on any atom is -0.466 e. The van der Waals surface area contributed by atoms with Crippen molar-refractivity contribution in [3.05, 3.63) is 23.2 Å². The van der Waals surface area contributed by atoms with Crippen molar-refractivity contribution in [2.24, 2.45) is 5.41 Å². The van der Waals surface area contributed by atoms with Crippen molar-refractivity contribution in [3.8, 4) is 0 Å². The molecule has 1 saturated carbocycles. The van der Waals surface area contributed by atoms with Gasteiger partial charge < -0.3 is 14.5 Å². The molecule has 0 saturated heterocycles. The molecule has 0 aliphatic heterocycles. The molecule has 1 fully saturated rings. The molecular weight excluding hydrogens is 262 g/mol. The lowest BCUT2D eigenvalue weighted by atomic mass is 9.74. The Balaban J connectivity index is 1.70. The third-order valence-corrected chi connectivity index (χ3v) is 5.18. The minimum atomic E-state index is 0.318. The maximum Gasteiger partial charge on any atom is 0.109 e. The standard InChI is InChI=1S/C18H29NO2/c1-12-9-15-16(10-18(2,3)11-17(15)21-12)19-13-5-7-14(20-4)8-6-13/h9,13-14,16,19H,5-8,10-11H2,1-4H3. The molecule has 3 rings (SSSR count). The van der Waals surface area contributed by atoms with E-state index in [1.54, 1.807) is 0 Å². The highest BCUT2D eigenvalue weighted by Gasteiger charge is 2.36. The monoisotopic (exact) mass is 291 g/mol. The summed E-state index contributed by atoms with van der Waals surface area (Å²) in [5.74, 6) is 2.25. The molecule has 0 bridgehead atoms. The molecule has 1 N–H and O–H groups in total. The van der Waals surface area contributed by atoms with E-state index in [-0.39, 0.29) is 0 Å². The Morgan fingerprint density at radius 1 is 1.24 bits per heavy atom. The van der Waals surface area contributed by atoms with Crippen LogP contribution in [-0.2, 0) is 11.2 Å². The molecule has 0 aromatic carbocycles. The summed E-state index contributed by atoms with van der Waals surface area (Å²) < 4.78 is 11.4. The second kappa shape index (κ2) is 5.77. The van der Waals surface area contributed by atoms with E-state index in [0.29, 0.717) is 23.6 Å². The summed E-state index contributed by atoms with van der Waals surface area (Å²) in [5.41, 5.74) is 1.72. The molecule has 1 unspecified atom stereocenters. The van der Waals surface area contributed by atoms with Gasteiger partial charge in [0.15, 0.2) is 0 Å². The molecule has 1 heterocycles. The van der Waals surface area contributed by atoms with Crippen LogP contribution in [0.2, 0.25) is 0 Å². The molecule has 0 radical (unpaired) electrons. The number of ether oxygens (including phenoxy) is 1. The molecule has 21 heavy (non-hydrogen) atoms. The highest BCUT2D eigenvalue weighted by molar-refractivity contribution is 5.29. The van der Waals surface area contributed by atoms with Gasteiger partial charge in [-0.25, -0.2) is 0 Å². The van der Waals surface area contributed by atoms with Crippen molar-refractivity contribution >= 4 is 0 Å². The normalized spacial score (nSPS) is 31.9. The smallest absolute Gasteiger partial charge is 0.109 e. The van der Waals surface area contributed by atoms with Gasteiger partial charge in [0.05, 0.1) is 6.10 Å². The van der Waals surface area contributed by atoms with Crippen LogP contribution in [-0.4, -0.2) is 19.3 Å². The van der Waals surface area contributed by atoms with Crippen molar-refractivity contribution in [2.45, 2.75) is 77.5 Å². The van der Waals surface area contributed by atoms with Crippen LogP contribution < -0.4 is 5.32 Å².